The number of likely N-dealkylation sites (N-methyl/N-ethyl adjacent to an activating group) is 1. The van der Waals surface area contributed by atoms with E-state index in [4.69, 9.17) is 0 Å². The average Bonchev–Trinajstić information content (AvgIpc) is 3.48. The van der Waals surface area contributed by atoms with Crippen LogP contribution in [0, 0.1) is 0 Å². The molecule has 0 bridgehead atoms. The van der Waals surface area contributed by atoms with Gasteiger partial charge in [0.1, 0.15) is 0 Å². The lowest BCUT2D eigenvalue weighted by Gasteiger charge is -2.34. The molecule has 1 heterocycles. The number of hydrogen-bond donors (Lipinski definition) is 0. The molecule has 2 amide bonds. The summed E-state index contributed by atoms with van der Waals surface area (Å²) >= 11 is 0. The van der Waals surface area contributed by atoms with Gasteiger partial charge < -0.3 is 9.80 Å². The molecule has 25 heavy (non-hydrogen) atoms. The Kier molecular flexibility index (Phi) is 4.04. The zero-order chi connectivity index (χ0) is 17.4. The van der Waals surface area contributed by atoms with E-state index in [1.54, 1.807) is 11.9 Å². The molecule has 4 rings (SSSR count). The lowest BCUT2D eigenvalue weighted by molar-refractivity contribution is -0.134. The molecule has 2 aromatic rings. The van der Waals surface area contributed by atoms with Crippen molar-refractivity contribution in [1.82, 2.24) is 9.80 Å². The minimum Gasteiger partial charge on any atom is -0.341 e. The number of carbonyl (C=O) groups is 2. The molecule has 0 radical (unpaired) electrons. The van der Waals surface area contributed by atoms with Crippen molar-refractivity contribution in [3.63, 3.8) is 0 Å². The largest absolute Gasteiger partial charge is 0.341 e. The smallest absolute Gasteiger partial charge is 0.253 e. The lowest BCUT2D eigenvalue weighted by Crippen LogP contribution is -2.45. The molecule has 1 atom stereocenters. The van der Waals surface area contributed by atoms with Gasteiger partial charge in [0.05, 0.1) is 5.92 Å². The number of carbonyl (C=O) groups excluding carboxylic acids is 2. The van der Waals surface area contributed by atoms with Crippen molar-refractivity contribution in [2.75, 3.05) is 13.6 Å². The third-order valence-corrected chi connectivity index (χ3v) is 5.13. The maximum atomic E-state index is 13.4. The third-order valence-electron chi connectivity index (χ3n) is 5.13. The molecule has 2 aliphatic rings. The molecule has 128 valence electrons. The molecule has 4 heteroatoms. The number of hydrogen-bond acceptors (Lipinski definition) is 2. The van der Waals surface area contributed by atoms with Crippen LogP contribution < -0.4 is 0 Å². The Morgan fingerprint density at radius 1 is 1.08 bits per heavy atom. The summed E-state index contributed by atoms with van der Waals surface area (Å²) in [6, 6.07) is 18.0. The normalized spacial score (nSPS) is 19.5. The van der Waals surface area contributed by atoms with Crippen LogP contribution in [0.5, 0.6) is 0 Å². The zero-order valence-electron chi connectivity index (χ0n) is 14.4. The van der Waals surface area contributed by atoms with Crippen molar-refractivity contribution in [2.45, 2.75) is 31.3 Å². The van der Waals surface area contributed by atoms with Crippen molar-refractivity contribution in [1.29, 1.82) is 0 Å². The maximum absolute atomic E-state index is 13.4. The van der Waals surface area contributed by atoms with Crippen LogP contribution in [0.3, 0.4) is 0 Å². The maximum Gasteiger partial charge on any atom is 0.253 e. The first-order valence-corrected chi connectivity index (χ1v) is 8.84. The van der Waals surface area contributed by atoms with Crippen LogP contribution in [0.2, 0.25) is 0 Å². The number of amides is 2. The Labute approximate surface area is 148 Å². The van der Waals surface area contributed by atoms with Gasteiger partial charge in [-0.15, -0.1) is 0 Å². The molecule has 1 aliphatic heterocycles. The quantitative estimate of drug-likeness (QED) is 0.862. The highest BCUT2D eigenvalue weighted by atomic mass is 16.2. The van der Waals surface area contributed by atoms with E-state index < -0.39 is 0 Å². The van der Waals surface area contributed by atoms with Crippen LogP contribution in [0.25, 0.3) is 0 Å². The first-order valence-electron chi connectivity index (χ1n) is 8.84. The first kappa shape index (κ1) is 15.9. The van der Waals surface area contributed by atoms with Crippen LogP contribution >= 0.6 is 0 Å². The van der Waals surface area contributed by atoms with E-state index >= 15 is 0 Å². The first-order chi connectivity index (χ1) is 12.1. The van der Waals surface area contributed by atoms with Gasteiger partial charge in [-0.2, -0.15) is 0 Å². The topological polar surface area (TPSA) is 40.6 Å². The van der Waals surface area contributed by atoms with Crippen LogP contribution in [-0.2, 0) is 11.3 Å². The van der Waals surface area contributed by atoms with E-state index in [2.05, 4.69) is 12.1 Å². The highest BCUT2D eigenvalue weighted by Gasteiger charge is 2.40. The minimum atomic E-state index is -0.275. The van der Waals surface area contributed by atoms with Gasteiger partial charge >= 0.3 is 0 Å². The molecule has 4 nitrogen and oxygen atoms in total. The minimum absolute atomic E-state index is 0.000631. The molecule has 0 N–H and O–H groups in total. The van der Waals surface area contributed by atoms with Gasteiger partial charge in [-0.25, -0.2) is 0 Å². The van der Waals surface area contributed by atoms with Crippen molar-refractivity contribution < 1.29 is 9.59 Å². The van der Waals surface area contributed by atoms with Gasteiger partial charge in [0.15, 0.2) is 0 Å². The summed E-state index contributed by atoms with van der Waals surface area (Å²) in [6.45, 7) is 1.09. The zero-order valence-corrected chi connectivity index (χ0v) is 14.4. The van der Waals surface area contributed by atoms with E-state index in [-0.39, 0.29) is 17.7 Å². The number of nitrogens with zero attached hydrogens (tertiary/aromatic N) is 2. The molecule has 2 aromatic carbocycles. The summed E-state index contributed by atoms with van der Waals surface area (Å²) in [6.07, 6.45) is 2.14. The third kappa shape index (κ3) is 3.04. The Morgan fingerprint density at radius 3 is 2.48 bits per heavy atom. The molecule has 1 fully saturated rings. The van der Waals surface area contributed by atoms with Crippen molar-refractivity contribution in [3.8, 4) is 0 Å². The number of fused-ring (bicyclic) bond motifs is 1. The van der Waals surface area contributed by atoms with Crippen molar-refractivity contribution >= 4 is 11.8 Å². The van der Waals surface area contributed by atoms with Crippen LogP contribution in [0.15, 0.2) is 54.6 Å². The second kappa shape index (κ2) is 6.36. The van der Waals surface area contributed by atoms with E-state index in [1.165, 1.54) is 0 Å². The van der Waals surface area contributed by atoms with E-state index in [0.717, 1.165) is 24.0 Å². The summed E-state index contributed by atoms with van der Waals surface area (Å²) in [5.41, 5.74) is 2.68. The molecule has 0 spiro atoms. The van der Waals surface area contributed by atoms with Crippen LogP contribution in [0.4, 0.5) is 0 Å². The molecule has 1 aliphatic carbocycles. The SMILES string of the molecule is CN1C[C@@H](C(=O)N(Cc2ccccc2)C2CC2)c2ccccc2C1=O. The van der Waals surface area contributed by atoms with Crippen LogP contribution in [-0.4, -0.2) is 41.2 Å². The summed E-state index contributed by atoms with van der Waals surface area (Å²) in [5.74, 6) is -0.137. The Hall–Kier alpha value is -2.62. The molecule has 1 saturated carbocycles. The predicted octanol–water partition coefficient (Wildman–Crippen LogP) is 3.05. The Balaban J connectivity index is 1.64. The monoisotopic (exact) mass is 334 g/mol. The summed E-state index contributed by atoms with van der Waals surface area (Å²) in [7, 11) is 1.78. The van der Waals surface area contributed by atoms with Crippen molar-refractivity contribution in [2.24, 2.45) is 0 Å². The van der Waals surface area contributed by atoms with E-state index in [0.29, 0.717) is 24.7 Å². The number of benzene rings is 2. The Bertz CT molecular complexity index is 799. The number of rotatable bonds is 4. The summed E-state index contributed by atoms with van der Waals surface area (Å²) in [5, 5.41) is 0. The van der Waals surface area contributed by atoms with Gasteiger partial charge in [0, 0.05) is 31.7 Å². The van der Waals surface area contributed by atoms with Gasteiger partial charge in [-0.05, 0) is 30.0 Å². The fourth-order valence-electron chi connectivity index (χ4n) is 3.62. The van der Waals surface area contributed by atoms with E-state index in [9.17, 15) is 9.59 Å². The van der Waals surface area contributed by atoms with E-state index in [1.807, 2.05) is 47.4 Å². The standard InChI is InChI=1S/C21H22N2O2/c1-22-14-19(17-9-5-6-10-18(17)20(22)24)21(25)23(16-11-12-16)13-15-7-3-2-4-8-15/h2-10,16,19H,11-14H2,1H3/t19-/m1/s1. The highest BCUT2D eigenvalue weighted by molar-refractivity contribution is 6.00. The Morgan fingerprint density at radius 2 is 1.76 bits per heavy atom. The van der Waals surface area contributed by atoms with Gasteiger partial charge in [0.25, 0.3) is 5.91 Å². The molecule has 0 aromatic heterocycles. The van der Waals surface area contributed by atoms with Crippen LogP contribution in [0.1, 0.15) is 40.2 Å². The highest BCUT2D eigenvalue weighted by Crippen LogP contribution is 2.34. The van der Waals surface area contributed by atoms with Gasteiger partial charge in [0.2, 0.25) is 5.91 Å². The van der Waals surface area contributed by atoms with Gasteiger partial charge in [-0.1, -0.05) is 48.5 Å². The molecular formula is C21H22N2O2. The summed E-state index contributed by atoms with van der Waals surface area (Å²) in [4.78, 5) is 29.5. The average molecular weight is 334 g/mol. The fourth-order valence-corrected chi connectivity index (χ4v) is 3.62. The predicted molar refractivity (Wildman–Crippen MR) is 96.2 cm³/mol. The molecule has 0 unspecified atom stereocenters. The summed E-state index contributed by atoms with van der Waals surface area (Å²) < 4.78 is 0. The van der Waals surface area contributed by atoms with Gasteiger partial charge in [-0.3, -0.25) is 9.59 Å². The lowest BCUT2D eigenvalue weighted by atomic mass is 9.88. The van der Waals surface area contributed by atoms with Crippen molar-refractivity contribution in [3.05, 3.63) is 71.3 Å². The molecule has 0 saturated heterocycles. The second-order valence-corrected chi connectivity index (χ2v) is 7.01. The molecular weight excluding hydrogens is 312 g/mol. The second-order valence-electron chi connectivity index (χ2n) is 7.01. The fraction of sp³-hybridized carbons (Fsp3) is 0.333.